The lowest BCUT2D eigenvalue weighted by Crippen LogP contribution is -2.29. The summed E-state index contributed by atoms with van der Waals surface area (Å²) in [5, 5.41) is 0. The van der Waals surface area contributed by atoms with Crippen LogP contribution in [0.5, 0.6) is 0 Å². The molecule has 0 spiro atoms. The summed E-state index contributed by atoms with van der Waals surface area (Å²) < 4.78 is 32.8. The molecule has 0 aliphatic carbocycles. The largest absolute Gasteiger partial charge is 0.472 e. The number of rotatable bonds is 44. The minimum absolute atomic E-state index is 0.0401. The van der Waals surface area contributed by atoms with Crippen LogP contribution in [-0.2, 0) is 32.7 Å². The monoisotopic (exact) mass is 874 g/mol. The average Bonchev–Trinajstić information content (AvgIpc) is 3.25. The Balaban J connectivity index is 4.20. The highest BCUT2D eigenvalue weighted by Gasteiger charge is 2.26. The fourth-order valence-electron chi connectivity index (χ4n) is 6.24. The fraction of sp³-hybridized carbons (Fsp3) is 0.686. The van der Waals surface area contributed by atoms with E-state index in [1.807, 2.05) is 12.2 Å². The number of phosphoric acid groups is 1. The molecule has 350 valence electrons. The van der Waals surface area contributed by atoms with Gasteiger partial charge in [-0.3, -0.25) is 18.6 Å². The van der Waals surface area contributed by atoms with Gasteiger partial charge in [0.05, 0.1) is 13.2 Å². The van der Waals surface area contributed by atoms with E-state index in [0.717, 1.165) is 57.8 Å². The molecule has 0 aromatic heterocycles. The Bertz CT molecular complexity index is 1270. The summed E-state index contributed by atoms with van der Waals surface area (Å²) in [6, 6.07) is 0. The van der Waals surface area contributed by atoms with Crippen LogP contribution >= 0.6 is 7.82 Å². The zero-order valence-electron chi connectivity index (χ0n) is 38.6. The molecule has 2 atom stereocenters. The highest BCUT2D eigenvalue weighted by atomic mass is 31.2. The second-order valence-electron chi connectivity index (χ2n) is 15.6. The van der Waals surface area contributed by atoms with E-state index < -0.39 is 32.5 Å². The number of ether oxygens (including phenoxy) is 2. The number of esters is 2. The molecule has 3 N–H and O–H groups in total. The molecule has 61 heavy (non-hydrogen) atoms. The summed E-state index contributed by atoms with van der Waals surface area (Å²) in [7, 11) is -4.40. The van der Waals surface area contributed by atoms with Crippen LogP contribution in [0.1, 0.15) is 194 Å². The van der Waals surface area contributed by atoms with Crippen molar-refractivity contribution in [1.29, 1.82) is 0 Å². The van der Waals surface area contributed by atoms with E-state index in [-0.39, 0.29) is 32.6 Å². The van der Waals surface area contributed by atoms with Crippen molar-refractivity contribution < 1.29 is 37.6 Å². The maximum absolute atomic E-state index is 12.6. The third kappa shape index (κ3) is 46.5. The summed E-state index contributed by atoms with van der Waals surface area (Å²) in [4.78, 5) is 35.0. The minimum atomic E-state index is -4.40. The van der Waals surface area contributed by atoms with E-state index in [1.54, 1.807) is 0 Å². The number of phosphoric ester groups is 1. The van der Waals surface area contributed by atoms with Gasteiger partial charge in [-0.1, -0.05) is 189 Å². The van der Waals surface area contributed by atoms with E-state index in [4.69, 9.17) is 24.3 Å². The maximum atomic E-state index is 12.6. The third-order valence-electron chi connectivity index (χ3n) is 9.78. The molecule has 0 bridgehead atoms. The molecule has 0 aliphatic rings. The van der Waals surface area contributed by atoms with E-state index >= 15 is 0 Å². The second-order valence-corrected chi connectivity index (χ2v) is 17.0. The first-order chi connectivity index (χ1) is 29.8. The van der Waals surface area contributed by atoms with Gasteiger partial charge in [-0.2, -0.15) is 0 Å². The van der Waals surface area contributed by atoms with Gasteiger partial charge in [0, 0.05) is 19.4 Å². The molecular weight excluding hydrogens is 786 g/mol. The standard InChI is InChI=1S/C51H88NO8P/c1-3-5-7-9-11-13-15-17-19-21-23-24-26-28-30-32-34-36-38-40-42-44-51(54)60-49(48-59-61(55,56)58-46-45-52)47-57-50(53)43-41-39-37-35-33-31-29-27-25-22-20-18-16-14-12-10-8-6-4-2/h6,8,12,14,17-20,25,27,31,33,37,39,49H,3-5,7,9-11,13,15-16,21-24,26,28-30,32,34-36,38,40-48,52H2,1-2H3,(H,55,56). The van der Waals surface area contributed by atoms with Crippen molar-refractivity contribution in [2.45, 2.75) is 200 Å². The fourth-order valence-corrected chi connectivity index (χ4v) is 7.01. The van der Waals surface area contributed by atoms with Crippen molar-refractivity contribution in [3.8, 4) is 0 Å². The van der Waals surface area contributed by atoms with Crippen molar-refractivity contribution in [3.63, 3.8) is 0 Å². The average molecular weight is 874 g/mol. The first kappa shape index (κ1) is 58.2. The van der Waals surface area contributed by atoms with Gasteiger partial charge in [0.2, 0.25) is 0 Å². The predicted molar refractivity (Wildman–Crippen MR) is 256 cm³/mol. The molecule has 2 unspecified atom stereocenters. The van der Waals surface area contributed by atoms with Gasteiger partial charge in [0.1, 0.15) is 6.61 Å². The van der Waals surface area contributed by atoms with Crippen molar-refractivity contribution in [2.24, 2.45) is 5.73 Å². The highest BCUT2D eigenvalue weighted by molar-refractivity contribution is 7.47. The van der Waals surface area contributed by atoms with Gasteiger partial charge in [0.15, 0.2) is 6.10 Å². The molecule has 0 fully saturated rings. The molecule has 9 nitrogen and oxygen atoms in total. The van der Waals surface area contributed by atoms with Gasteiger partial charge in [-0.15, -0.1) is 0 Å². The SMILES string of the molecule is CCC=CCC=CCC=CCC=CCC=CCC=CCCC(=O)OCC(COP(=O)(O)OCCN)OC(=O)CCCCCCCCCCCCCC=CCCCCCCCC. The van der Waals surface area contributed by atoms with Crippen LogP contribution in [0, 0.1) is 0 Å². The van der Waals surface area contributed by atoms with Crippen LogP contribution in [0.4, 0.5) is 0 Å². The van der Waals surface area contributed by atoms with Crippen LogP contribution < -0.4 is 5.73 Å². The number of hydrogen-bond donors (Lipinski definition) is 2. The molecule has 0 amide bonds. The van der Waals surface area contributed by atoms with Crippen molar-refractivity contribution in [3.05, 3.63) is 85.1 Å². The molecule has 0 heterocycles. The van der Waals surface area contributed by atoms with Crippen LogP contribution in [0.3, 0.4) is 0 Å². The van der Waals surface area contributed by atoms with Gasteiger partial charge >= 0.3 is 19.8 Å². The Morgan fingerprint density at radius 2 is 0.934 bits per heavy atom. The Labute approximate surface area is 373 Å². The summed E-state index contributed by atoms with van der Waals surface area (Å²) in [6.07, 6.45) is 59.2. The molecule has 0 rings (SSSR count). The topological polar surface area (TPSA) is 134 Å². The summed E-state index contributed by atoms with van der Waals surface area (Å²) >= 11 is 0. The first-order valence-corrected chi connectivity index (χ1v) is 25.6. The Morgan fingerprint density at radius 3 is 1.41 bits per heavy atom. The van der Waals surface area contributed by atoms with E-state index in [1.165, 1.54) is 96.3 Å². The van der Waals surface area contributed by atoms with Crippen molar-refractivity contribution in [2.75, 3.05) is 26.4 Å². The molecular formula is C51H88NO8P. The van der Waals surface area contributed by atoms with Gasteiger partial charge < -0.3 is 20.1 Å². The van der Waals surface area contributed by atoms with Crippen molar-refractivity contribution in [1.82, 2.24) is 0 Å². The van der Waals surface area contributed by atoms with Gasteiger partial charge in [-0.05, 0) is 77.0 Å². The number of nitrogens with two attached hydrogens (primary N) is 1. The summed E-state index contributed by atoms with van der Waals surface area (Å²) in [5.74, 6) is -0.930. The lowest BCUT2D eigenvalue weighted by molar-refractivity contribution is -0.161. The van der Waals surface area contributed by atoms with Gasteiger partial charge in [0.25, 0.3) is 0 Å². The lowest BCUT2D eigenvalue weighted by atomic mass is 10.0. The van der Waals surface area contributed by atoms with Crippen LogP contribution in [0.25, 0.3) is 0 Å². The van der Waals surface area contributed by atoms with E-state index in [0.29, 0.717) is 12.8 Å². The normalized spacial score (nSPS) is 14.0. The van der Waals surface area contributed by atoms with Crippen molar-refractivity contribution >= 4 is 19.8 Å². The molecule has 0 saturated carbocycles. The number of allylic oxidation sites excluding steroid dienone is 14. The quantitative estimate of drug-likeness (QED) is 0.0265. The number of carbonyl (C=O) groups excluding carboxylic acids is 2. The second kappa shape index (κ2) is 46.7. The summed E-state index contributed by atoms with van der Waals surface area (Å²) in [5.41, 5.74) is 5.35. The van der Waals surface area contributed by atoms with E-state index in [2.05, 4.69) is 86.8 Å². The molecule has 0 aromatic rings. The third-order valence-corrected chi connectivity index (χ3v) is 10.8. The summed E-state index contributed by atoms with van der Waals surface area (Å²) in [6.45, 7) is 3.53. The number of hydrogen-bond acceptors (Lipinski definition) is 8. The predicted octanol–water partition coefficient (Wildman–Crippen LogP) is 14.4. The first-order valence-electron chi connectivity index (χ1n) is 24.1. The minimum Gasteiger partial charge on any atom is -0.462 e. The van der Waals surface area contributed by atoms with E-state index in [9.17, 15) is 19.0 Å². The molecule has 10 heteroatoms. The Kier molecular flexibility index (Phi) is 44.5. The number of carbonyl (C=O) groups is 2. The molecule has 0 saturated heterocycles. The smallest absolute Gasteiger partial charge is 0.462 e. The van der Waals surface area contributed by atoms with Gasteiger partial charge in [-0.25, -0.2) is 4.57 Å². The Hall–Kier alpha value is -2.81. The Morgan fingerprint density at radius 1 is 0.508 bits per heavy atom. The van der Waals surface area contributed by atoms with Crippen LogP contribution in [0.2, 0.25) is 0 Å². The van der Waals surface area contributed by atoms with Crippen LogP contribution in [-0.4, -0.2) is 49.3 Å². The van der Waals surface area contributed by atoms with Crippen LogP contribution in [0.15, 0.2) is 85.1 Å². The molecule has 0 aliphatic heterocycles. The molecule has 0 radical (unpaired) electrons. The maximum Gasteiger partial charge on any atom is 0.472 e. The zero-order chi connectivity index (χ0) is 44.6. The number of unbranched alkanes of at least 4 members (excludes halogenated alkanes) is 17. The lowest BCUT2D eigenvalue weighted by Gasteiger charge is -2.19. The molecule has 0 aromatic carbocycles. The highest BCUT2D eigenvalue weighted by Crippen LogP contribution is 2.43. The zero-order valence-corrected chi connectivity index (χ0v) is 39.5.